The lowest BCUT2D eigenvalue weighted by atomic mass is 10.1. The first-order valence-electron chi connectivity index (χ1n) is 9.20. The van der Waals surface area contributed by atoms with Gasteiger partial charge in [0.15, 0.2) is 0 Å². The summed E-state index contributed by atoms with van der Waals surface area (Å²) in [6.07, 6.45) is 2.05. The highest BCUT2D eigenvalue weighted by Gasteiger charge is 2.15. The van der Waals surface area contributed by atoms with Gasteiger partial charge in [-0.05, 0) is 33.0 Å². The molecular formula is C22H26N4O. The number of hydrogen-bond acceptors (Lipinski definition) is 3. The third kappa shape index (κ3) is 5.05. The molecule has 5 heteroatoms. The second kappa shape index (κ2) is 8.64. The van der Waals surface area contributed by atoms with Gasteiger partial charge in [0.2, 0.25) is 5.91 Å². The molecule has 5 nitrogen and oxygen atoms in total. The first kappa shape index (κ1) is 18.9. The van der Waals surface area contributed by atoms with Gasteiger partial charge in [-0.25, -0.2) is 4.68 Å². The van der Waals surface area contributed by atoms with E-state index in [0.717, 1.165) is 22.5 Å². The molecule has 140 valence electrons. The number of likely N-dealkylation sites (N-methyl/N-ethyl adjacent to an activating group) is 1. The van der Waals surface area contributed by atoms with Crippen LogP contribution in [-0.4, -0.2) is 40.2 Å². The average Bonchev–Trinajstić information content (AvgIpc) is 3.06. The van der Waals surface area contributed by atoms with Crippen LogP contribution < -0.4 is 5.32 Å². The number of carbonyl (C=O) groups excluding carboxylic acids is 1. The Kier molecular flexibility index (Phi) is 6.04. The molecule has 1 amide bonds. The van der Waals surface area contributed by atoms with E-state index in [4.69, 9.17) is 5.10 Å². The predicted octanol–water partition coefficient (Wildman–Crippen LogP) is 3.50. The van der Waals surface area contributed by atoms with E-state index in [-0.39, 0.29) is 11.9 Å². The highest BCUT2D eigenvalue weighted by molar-refractivity contribution is 5.78. The maximum Gasteiger partial charge on any atom is 0.234 e. The van der Waals surface area contributed by atoms with Crippen molar-refractivity contribution >= 4 is 5.91 Å². The Hall–Kier alpha value is -2.92. The number of amides is 1. The van der Waals surface area contributed by atoms with Crippen molar-refractivity contribution in [3.63, 3.8) is 0 Å². The standard InChI is InChI=1S/C22H26N4O/c1-17(2)23-21(27)16-25(3)14-19-15-26(20-12-8-5-9-13-20)24-22(19)18-10-6-4-7-11-18/h4-13,15,17H,14,16H2,1-3H3,(H,23,27). The second-order valence-corrected chi connectivity index (χ2v) is 7.04. The normalized spacial score (nSPS) is 11.1. The van der Waals surface area contributed by atoms with Crippen molar-refractivity contribution < 1.29 is 4.79 Å². The summed E-state index contributed by atoms with van der Waals surface area (Å²) in [6.45, 7) is 4.93. The van der Waals surface area contributed by atoms with Crippen molar-refractivity contribution in [2.24, 2.45) is 0 Å². The van der Waals surface area contributed by atoms with E-state index < -0.39 is 0 Å². The fourth-order valence-corrected chi connectivity index (χ4v) is 3.04. The summed E-state index contributed by atoms with van der Waals surface area (Å²) in [5, 5.41) is 7.76. The number of hydrogen-bond donors (Lipinski definition) is 1. The van der Waals surface area contributed by atoms with Crippen LogP contribution in [0.3, 0.4) is 0 Å². The Morgan fingerprint density at radius 3 is 2.33 bits per heavy atom. The molecule has 2 aromatic carbocycles. The monoisotopic (exact) mass is 362 g/mol. The third-order valence-electron chi connectivity index (χ3n) is 4.16. The molecular weight excluding hydrogens is 336 g/mol. The molecule has 0 aliphatic heterocycles. The second-order valence-electron chi connectivity index (χ2n) is 7.04. The third-order valence-corrected chi connectivity index (χ3v) is 4.16. The minimum Gasteiger partial charge on any atom is -0.353 e. The van der Waals surface area contributed by atoms with Crippen LogP contribution in [0.4, 0.5) is 0 Å². The van der Waals surface area contributed by atoms with E-state index >= 15 is 0 Å². The molecule has 0 aliphatic carbocycles. The van der Waals surface area contributed by atoms with Gasteiger partial charge < -0.3 is 5.32 Å². The summed E-state index contributed by atoms with van der Waals surface area (Å²) in [5.74, 6) is 0.0317. The van der Waals surface area contributed by atoms with E-state index in [0.29, 0.717) is 13.1 Å². The van der Waals surface area contributed by atoms with E-state index in [1.54, 1.807) is 0 Å². The van der Waals surface area contributed by atoms with Gasteiger partial charge in [-0.15, -0.1) is 0 Å². The van der Waals surface area contributed by atoms with E-state index in [2.05, 4.69) is 23.6 Å². The molecule has 0 unspecified atom stereocenters. The summed E-state index contributed by atoms with van der Waals surface area (Å²) >= 11 is 0. The summed E-state index contributed by atoms with van der Waals surface area (Å²) in [4.78, 5) is 14.1. The predicted molar refractivity (Wildman–Crippen MR) is 109 cm³/mol. The van der Waals surface area contributed by atoms with Crippen LogP contribution >= 0.6 is 0 Å². The summed E-state index contributed by atoms with van der Waals surface area (Å²) in [6, 6.07) is 20.4. The van der Waals surface area contributed by atoms with Gasteiger partial charge in [-0.3, -0.25) is 9.69 Å². The van der Waals surface area contributed by atoms with Crippen molar-refractivity contribution in [2.45, 2.75) is 26.4 Å². The van der Waals surface area contributed by atoms with Gasteiger partial charge in [0.1, 0.15) is 0 Å². The van der Waals surface area contributed by atoms with Crippen molar-refractivity contribution in [3.8, 4) is 16.9 Å². The Morgan fingerprint density at radius 1 is 1.07 bits per heavy atom. The fraction of sp³-hybridized carbons (Fsp3) is 0.273. The zero-order chi connectivity index (χ0) is 19.2. The van der Waals surface area contributed by atoms with Crippen LogP contribution in [0.25, 0.3) is 16.9 Å². The van der Waals surface area contributed by atoms with E-state index in [1.165, 1.54) is 0 Å². The van der Waals surface area contributed by atoms with Gasteiger partial charge in [0, 0.05) is 29.9 Å². The highest BCUT2D eigenvalue weighted by atomic mass is 16.2. The molecule has 0 fully saturated rings. The van der Waals surface area contributed by atoms with Gasteiger partial charge in [0.05, 0.1) is 17.9 Å². The average molecular weight is 362 g/mol. The molecule has 3 rings (SSSR count). The van der Waals surface area contributed by atoms with Gasteiger partial charge in [0.25, 0.3) is 0 Å². The maximum absolute atomic E-state index is 12.1. The van der Waals surface area contributed by atoms with Crippen LogP contribution in [0.5, 0.6) is 0 Å². The van der Waals surface area contributed by atoms with Crippen LogP contribution in [0.2, 0.25) is 0 Å². The van der Waals surface area contributed by atoms with Gasteiger partial charge in [-0.1, -0.05) is 48.5 Å². The Morgan fingerprint density at radius 2 is 1.70 bits per heavy atom. The summed E-state index contributed by atoms with van der Waals surface area (Å²) in [7, 11) is 1.95. The Bertz CT molecular complexity index is 872. The molecule has 1 heterocycles. The Balaban J connectivity index is 1.86. The molecule has 0 bridgehead atoms. The molecule has 1 N–H and O–H groups in total. The van der Waals surface area contributed by atoms with Crippen LogP contribution in [-0.2, 0) is 11.3 Å². The zero-order valence-electron chi connectivity index (χ0n) is 16.1. The fourth-order valence-electron chi connectivity index (χ4n) is 3.04. The van der Waals surface area contributed by atoms with E-state index in [9.17, 15) is 4.79 Å². The molecule has 0 aliphatic rings. The number of aromatic nitrogens is 2. The highest BCUT2D eigenvalue weighted by Crippen LogP contribution is 2.24. The molecule has 0 spiro atoms. The van der Waals surface area contributed by atoms with Crippen LogP contribution in [0.1, 0.15) is 19.4 Å². The lowest BCUT2D eigenvalue weighted by molar-refractivity contribution is -0.122. The number of carbonyl (C=O) groups is 1. The largest absolute Gasteiger partial charge is 0.353 e. The maximum atomic E-state index is 12.1. The lowest BCUT2D eigenvalue weighted by Crippen LogP contribution is -2.38. The van der Waals surface area contributed by atoms with Crippen LogP contribution in [0.15, 0.2) is 66.9 Å². The topological polar surface area (TPSA) is 50.2 Å². The van der Waals surface area contributed by atoms with Crippen molar-refractivity contribution in [1.29, 1.82) is 0 Å². The number of nitrogens with one attached hydrogen (secondary N) is 1. The Labute approximate surface area is 160 Å². The summed E-state index contributed by atoms with van der Waals surface area (Å²) < 4.78 is 1.90. The molecule has 1 aromatic heterocycles. The van der Waals surface area contributed by atoms with Crippen LogP contribution in [0, 0.1) is 0 Å². The molecule has 0 atom stereocenters. The smallest absolute Gasteiger partial charge is 0.234 e. The first-order valence-corrected chi connectivity index (χ1v) is 9.20. The molecule has 27 heavy (non-hydrogen) atoms. The van der Waals surface area contributed by atoms with Crippen molar-refractivity contribution in [3.05, 3.63) is 72.4 Å². The summed E-state index contributed by atoms with van der Waals surface area (Å²) in [5.41, 5.74) is 4.11. The lowest BCUT2D eigenvalue weighted by Gasteiger charge is -2.17. The SMILES string of the molecule is CC(C)NC(=O)CN(C)Cc1cn(-c2ccccc2)nc1-c1ccccc1. The number of benzene rings is 2. The first-order chi connectivity index (χ1) is 13.0. The van der Waals surface area contributed by atoms with Crippen molar-refractivity contribution in [1.82, 2.24) is 20.0 Å². The molecule has 0 saturated heterocycles. The molecule has 3 aromatic rings. The quantitative estimate of drug-likeness (QED) is 0.700. The van der Waals surface area contributed by atoms with E-state index in [1.807, 2.05) is 79.0 Å². The number of para-hydroxylation sites is 1. The van der Waals surface area contributed by atoms with Gasteiger partial charge >= 0.3 is 0 Å². The number of nitrogens with zero attached hydrogens (tertiary/aromatic N) is 3. The number of rotatable bonds is 7. The molecule has 0 radical (unpaired) electrons. The van der Waals surface area contributed by atoms with Gasteiger partial charge in [-0.2, -0.15) is 5.10 Å². The minimum absolute atomic E-state index is 0.0317. The van der Waals surface area contributed by atoms with Crippen molar-refractivity contribution in [2.75, 3.05) is 13.6 Å². The molecule has 0 saturated carbocycles. The minimum atomic E-state index is 0.0317. The zero-order valence-corrected chi connectivity index (χ0v) is 16.1.